The van der Waals surface area contributed by atoms with E-state index in [1.807, 2.05) is 90.6 Å². The molecule has 0 aliphatic carbocycles. The number of para-hydroxylation sites is 2. The molecule has 0 aromatic heterocycles. The second-order valence-electron chi connectivity index (χ2n) is 7.58. The molecule has 1 spiro atoms. The summed E-state index contributed by atoms with van der Waals surface area (Å²) in [6, 6.07) is 26.1. The van der Waals surface area contributed by atoms with Crippen LogP contribution >= 0.6 is 11.8 Å². The summed E-state index contributed by atoms with van der Waals surface area (Å²) in [5.74, 6) is -0.470. The first-order valence-corrected chi connectivity index (χ1v) is 11.1. The summed E-state index contributed by atoms with van der Waals surface area (Å²) in [5.41, 5.74) is 5.75. The van der Waals surface area contributed by atoms with Crippen molar-refractivity contribution in [3.8, 4) is 0 Å². The lowest BCUT2D eigenvalue weighted by atomic mass is 9.97. The number of nitrogens with zero attached hydrogens (tertiary/aromatic N) is 4. The van der Waals surface area contributed by atoms with Crippen LogP contribution in [-0.4, -0.2) is 23.8 Å². The van der Waals surface area contributed by atoms with Crippen LogP contribution in [0.15, 0.2) is 89.1 Å². The zero-order valence-corrected chi connectivity index (χ0v) is 18.8. The second kappa shape index (κ2) is 7.84. The van der Waals surface area contributed by atoms with Gasteiger partial charge in [0.2, 0.25) is 10.0 Å². The van der Waals surface area contributed by atoms with Crippen molar-refractivity contribution in [3.63, 3.8) is 0 Å². The predicted molar refractivity (Wildman–Crippen MR) is 130 cm³/mol. The highest BCUT2D eigenvalue weighted by molar-refractivity contribution is 8.16. The first-order valence-electron chi connectivity index (χ1n) is 10.3. The number of thioether (sulfide) groups is 1. The van der Waals surface area contributed by atoms with E-state index in [1.165, 1.54) is 18.9 Å². The van der Waals surface area contributed by atoms with E-state index in [0.29, 0.717) is 0 Å². The Hall–Kier alpha value is -3.58. The third-order valence-electron chi connectivity index (χ3n) is 5.63. The SMILES string of the molecule is COC(=O)C1=NN(c2ccccc2C)[C@]2(S1)c1ccccc1C(C)=NN2c1ccccc1. The van der Waals surface area contributed by atoms with Gasteiger partial charge in [0.1, 0.15) is 0 Å². The van der Waals surface area contributed by atoms with E-state index in [0.717, 1.165) is 33.8 Å². The maximum Gasteiger partial charge on any atom is 0.365 e. The Labute approximate surface area is 191 Å². The maximum absolute atomic E-state index is 12.7. The topological polar surface area (TPSA) is 57.5 Å². The van der Waals surface area contributed by atoms with Crippen LogP contribution in [0.5, 0.6) is 0 Å². The Bertz CT molecular complexity index is 1260. The third-order valence-corrected chi connectivity index (χ3v) is 6.92. The standard InChI is InChI=1S/C25H22N4O2S/c1-17-11-7-10-16-22(17)29-25(32-23(27-29)24(30)31-3)21-15-9-8-14-20(21)18(2)26-28(25)19-12-5-4-6-13-19/h4-16H,1-3H3/t25-/m0/s1. The van der Waals surface area contributed by atoms with Crippen molar-refractivity contribution in [2.45, 2.75) is 18.8 Å². The molecule has 0 N–H and O–H groups in total. The number of anilines is 2. The number of benzene rings is 3. The van der Waals surface area contributed by atoms with Gasteiger partial charge in [0.25, 0.3) is 0 Å². The Kier molecular flexibility index (Phi) is 4.98. The van der Waals surface area contributed by atoms with Crippen LogP contribution in [0.25, 0.3) is 0 Å². The van der Waals surface area contributed by atoms with Crippen molar-refractivity contribution in [1.82, 2.24) is 0 Å². The maximum atomic E-state index is 12.7. The van der Waals surface area contributed by atoms with Crippen molar-refractivity contribution < 1.29 is 9.53 Å². The van der Waals surface area contributed by atoms with Crippen molar-refractivity contribution in [2.75, 3.05) is 17.1 Å². The van der Waals surface area contributed by atoms with Gasteiger partial charge >= 0.3 is 5.97 Å². The summed E-state index contributed by atoms with van der Waals surface area (Å²) in [6.45, 7) is 4.04. The molecule has 6 nitrogen and oxygen atoms in total. The Balaban J connectivity index is 1.83. The van der Waals surface area contributed by atoms with Crippen LogP contribution in [0.3, 0.4) is 0 Å². The lowest BCUT2D eigenvalue weighted by Gasteiger charge is -2.47. The summed E-state index contributed by atoms with van der Waals surface area (Å²) in [4.78, 5) is 11.7. The van der Waals surface area contributed by atoms with Gasteiger partial charge in [0, 0.05) is 11.1 Å². The molecule has 5 rings (SSSR count). The summed E-state index contributed by atoms with van der Waals surface area (Å²) in [7, 11) is 1.38. The van der Waals surface area contributed by atoms with Gasteiger partial charge in [-0.15, -0.1) is 0 Å². The molecular weight excluding hydrogens is 420 g/mol. The van der Waals surface area contributed by atoms with Crippen LogP contribution in [0.1, 0.15) is 23.6 Å². The summed E-state index contributed by atoms with van der Waals surface area (Å²) in [6.07, 6.45) is 0. The molecule has 160 valence electrons. The quantitative estimate of drug-likeness (QED) is 0.529. The molecule has 1 atom stereocenters. The van der Waals surface area contributed by atoms with Gasteiger partial charge in [0.15, 0.2) is 0 Å². The number of hydrogen-bond acceptors (Lipinski definition) is 7. The minimum absolute atomic E-state index is 0.279. The molecule has 0 unspecified atom stereocenters. The number of hydrogen-bond donors (Lipinski definition) is 0. The van der Waals surface area contributed by atoms with Crippen molar-refractivity contribution in [2.24, 2.45) is 10.2 Å². The molecule has 0 saturated heterocycles. The van der Waals surface area contributed by atoms with E-state index >= 15 is 0 Å². The Morgan fingerprint density at radius 2 is 1.56 bits per heavy atom. The highest BCUT2D eigenvalue weighted by Crippen LogP contribution is 2.55. The molecule has 2 aliphatic heterocycles. The van der Waals surface area contributed by atoms with Crippen molar-refractivity contribution in [3.05, 3.63) is 95.6 Å². The number of methoxy groups -OCH3 is 1. The van der Waals surface area contributed by atoms with E-state index in [4.69, 9.17) is 14.9 Å². The molecule has 0 saturated carbocycles. The first kappa shape index (κ1) is 20.3. The van der Waals surface area contributed by atoms with E-state index in [2.05, 4.69) is 12.1 Å². The van der Waals surface area contributed by atoms with Crippen LogP contribution in [0, 0.1) is 6.92 Å². The van der Waals surface area contributed by atoms with Crippen LogP contribution in [-0.2, 0) is 14.5 Å². The minimum Gasteiger partial charge on any atom is -0.464 e. The van der Waals surface area contributed by atoms with E-state index in [9.17, 15) is 4.79 Å². The molecule has 3 aromatic carbocycles. The Morgan fingerprint density at radius 1 is 0.875 bits per heavy atom. The van der Waals surface area contributed by atoms with Gasteiger partial charge in [0.05, 0.1) is 24.2 Å². The van der Waals surface area contributed by atoms with Crippen LogP contribution in [0.2, 0.25) is 0 Å². The molecule has 32 heavy (non-hydrogen) atoms. The Morgan fingerprint density at radius 3 is 2.31 bits per heavy atom. The number of rotatable bonds is 3. The van der Waals surface area contributed by atoms with Gasteiger partial charge in [-0.1, -0.05) is 60.7 Å². The van der Waals surface area contributed by atoms with Crippen molar-refractivity contribution >= 4 is 39.9 Å². The normalized spacial score (nSPS) is 19.5. The second-order valence-corrected chi connectivity index (χ2v) is 8.74. The zero-order valence-electron chi connectivity index (χ0n) is 18.0. The fraction of sp³-hybridized carbons (Fsp3) is 0.160. The number of esters is 1. The van der Waals surface area contributed by atoms with Gasteiger partial charge < -0.3 is 4.74 Å². The first-order chi connectivity index (χ1) is 15.6. The van der Waals surface area contributed by atoms with E-state index < -0.39 is 11.0 Å². The van der Waals surface area contributed by atoms with Gasteiger partial charge in [-0.05, 0) is 49.4 Å². The number of fused-ring (bicyclic) bond motifs is 2. The fourth-order valence-electron chi connectivity index (χ4n) is 4.12. The molecule has 0 amide bonds. The molecule has 2 aliphatic rings. The van der Waals surface area contributed by atoms with Crippen molar-refractivity contribution in [1.29, 1.82) is 0 Å². The van der Waals surface area contributed by atoms with Gasteiger partial charge in [-0.2, -0.15) is 10.2 Å². The zero-order chi connectivity index (χ0) is 22.3. The largest absolute Gasteiger partial charge is 0.464 e. The summed E-state index contributed by atoms with van der Waals surface area (Å²) >= 11 is 1.35. The van der Waals surface area contributed by atoms with Crippen LogP contribution < -0.4 is 10.0 Å². The molecule has 7 heteroatoms. The fourth-order valence-corrected chi connectivity index (χ4v) is 5.42. The average Bonchev–Trinajstić information content (AvgIpc) is 3.23. The number of carbonyl (C=O) groups is 1. The van der Waals surface area contributed by atoms with Crippen LogP contribution in [0.4, 0.5) is 11.4 Å². The molecule has 0 fully saturated rings. The third kappa shape index (κ3) is 3.00. The number of hydrazone groups is 2. The minimum atomic E-state index is -0.937. The molecule has 2 heterocycles. The van der Waals surface area contributed by atoms with E-state index in [1.54, 1.807) is 0 Å². The highest BCUT2D eigenvalue weighted by Gasteiger charge is 2.56. The lowest BCUT2D eigenvalue weighted by Crippen LogP contribution is -2.53. The monoisotopic (exact) mass is 442 g/mol. The smallest absolute Gasteiger partial charge is 0.365 e. The van der Waals surface area contributed by atoms with Gasteiger partial charge in [-0.3, -0.25) is 0 Å². The molecular formula is C25H22N4O2S. The number of carbonyl (C=O) groups excluding carboxylic acids is 1. The summed E-state index contributed by atoms with van der Waals surface area (Å²) in [5, 5.41) is 14.0. The number of ether oxygens (including phenoxy) is 1. The molecule has 3 aromatic rings. The average molecular weight is 443 g/mol. The summed E-state index contributed by atoms with van der Waals surface area (Å²) < 4.78 is 5.06. The van der Waals surface area contributed by atoms with E-state index in [-0.39, 0.29) is 5.04 Å². The van der Waals surface area contributed by atoms with Gasteiger partial charge in [-0.25, -0.2) is 14.8 Å². The molecule has 0 bridgehead atoms. The number of aryl methyl sites for hydroxylation is 1. The lowest BCUT2D eigenvalue weighted by molar-refractivity contribution is -0.132. The molecule has 0 radical (unpaired) electrons. The highest BCUT2D eigenvalue weighted by atomic mass is 32.2. The predicted octanol–water partition coefficient (Wildman–Crippen LogP) is 5.09.